The maximum Gasteiger partial charge on any atom is 1.00 e. The van der Waals surface area contributed by atoms with E-state index in [1.54, 1.807) is 0 Å². The predicted octanol–water partition coefficient (Wildman–Crippen LogP) is -1.47. The van der Waals surface area contributed by atoms with Crippen molar-refractivity contribution < 1.29 is 45.8 Å². The standard InChI is InChI=1S/C6H3N3O6.Na.H/c10-7(11)4-1-5(8(12)13)3-6(2-4)9(14)15;;/h1-3H;;/q;+1;-1. The average molecular weight is 237 g/mol. The van der Waals surface area contributed by atoms with Gasteiger partial charge >= 0.3 is 29.6 Å². The summed E-state index contributed by atoms with van der Waals surface area (Å²) in [4.78, 5) is 28.1. The van der Waals surface area contributed by atoms with Gasteiger partial charge in [0.25, 0.3) is 17.1 Å². The topological polar surface area (TPSA) is 129 Å². The third kappa shape index (κ3) is 3.22. The zero-order chi connectivity index (χ0) is 11.6. The van der Waals surface area contributed by atoms with Crippen molar-refractivity contribution in [3.8, 4) is 0 Å². The van der Waals surface area contributed by atoms with Gasteiger partial charge < -0.3 is 1.43 Å². The zero-order valence-corrected chi connectivity index (χ0v) is 10.0. The summed E-state index contributed by atoms with van der Waals surface area (Å²) in [5.41, 5.74) is -2.05. The Morgan fingerprint density at radius 3 is 1.06 bits per heavy atom. The maximum atomic E-state index is 10.3. The third-order valence-electron chi connectivity index (χ3n) is 1.52. The summed E-state index contributed by atoms with van der Waals surface area (Å²) < 4.78 is 0. The zero-order valence-electron chi connectivity index (χ0n) is 9.02. The maximum absolute atomic E-state index is 10.3. The van der Waals surface area contributed by atoms with Crippen molar-refractivity contribution in [2.75, 3.05) is 0 Å². The summed E-state index contributed by atoms with van der Waals surface area (Å²) in [6, 6.07) is 1.98. The van der Waals surface area contributed by atoms with Crippen molar-refractivity contribution in [3.05, 3.63) is 48.5 Å². The monoisotopic (exact) mass is 237 g/mol. The van der Waals surface area contributed by atoms with Gasteiger partial charge in [-0.1, -0.05) is 0 Å². The van der Waals surface area contributed by atoms with Crippen LogP contribution in [0.4, 0.5) is 17.1 Å². The molecular weight excluding hydrogens is 233 g/mol. The molecule has 0 N–H and O–H groups in total. The Morgan fingerprint density at radius 2 is 0.938 bits per heavy atom. The van der Waals surface area contributed by atoms with Crippen LogP contribution in [0.5, 0.6) is 0 Å². The molecule has 1 aromatic rings. The predicted molar refractivity (Wildman–Crippen MR) is 47.5 cm³/mol. The summed E-state index contributed by atoms with van der Waals surface area (Å²) in [5.74, 6) is 0. The molecule has 0 atom stereocenters. The van der Waals surface area contributed by atoms with E-state index in [1.807, 2.05) is 0 Å². The number of rotatable bonds is 3. The van der Waals surface area contributed by atoms with Crippen LogP contribution in [0.15, 0.2) is 18.2 Å². The molecule has 0 heterocycles. The number of hydrogen-bond donors (Lipinski definition) is 0. The second-order valence-corrected chi connectivity index (χ2v) is 2.48. The molecule has 80 valence electrons. The smallest absolute Gasteiger partial charge is 1.00 e. The third-order valence-corrected chi connectivity index (χ3v) is 1.52. The summed E-state index contributed by atoms with van der Waals surface area (Å²) in [5, 5.41) is 30.9. The minimum atomic E-state index is -0.931. The second-order valence-electron chi connectivity index (χ2n) is 2.48. The molecule has 0 aliphatic heterocycles. The molecule has 9 nitrogen and oxygen atoms in total. The van der Waals surface area contributed by atoms with E-state index in [4.69, 9.17) is 0 Å². The van der Waals surface area contributed by atoms with Crippen LogP contribution in [0.2, 0.25) is 0 Å². The number of benzene rings is 1. The first-order valence-electron chi connectivity index (χ1n) is 3.50. The fraction of sp³-hybridized carbons (Fsp3) is 0. The van der Waals surface area contributed by atoms with Crippen molar-refractivity contribution in [1.82, 2.24) is 0 Å². The fourth-order valence-electron chi connectivity index (χ4n) is 0.896. The summed E-state index contributed by atoms with van der Waals surface area (Å²) >= 11 is 0. The van der Waals surface area contributed by atoms with Gasteiger partial charge in [0.05, 0.1) is 33.0 Å². The molecule has 1 aromatic carbocycles. The van der Waals surface area contributed by atoms with Gasteiger partial charge in [0.2, 0.25) is 0 Å². The number of non-ortho nitro benzene ring substituents is 3. The van der Waals surface area contributed by atoms with Gasteiger partial charge in [-0.05, 0) is 0 Å². The molecule has 0 radical (unpaired) electrons. The molecule has 0 amide bonds. The molecule has 0 saturated heterocycles. The van der Waals surface area contributed by atoms with Crippen LogP contribution in [-0.4, -0.2) is 14.8 Å². The van der Waals surface area contributed by atoms with Gasteiger partial charge in [0.1, 0.15) is 0 Å². The normalized spacial score (nSPS) is 9.00. The molecule has 0 spiro atoms. The van der Waals surface area contributed by atoms with Crippen molar-refractivity contribution in [1.29, 1.82) is 0 Å². The van der Waals surface area contributed by atoms with E-state index < -0.39 is 31.8 Å². The summed E-state index contributed by atoms with van der Waals surface area (Å²) in [7, 11) is 0. The van der Waals surface area contributed by atoms with Crippen molar-refractivity contribution in [2.45, 2.75) is 0 Å². The molecule has 0 fully saturated rings. The molecule has 16 heavy (non-hydrogen) atoms. The van der Waals surface area contributed by atoms with Crippen LogP contribution in [0.3, 0.4) is 0 Å². The Hall–Kier alpha value is -1.58. The van der Waals surface area contributed by atoms with Gasteiger partial charge in [0.15, 0.2) is 0 Å². The SMILES string of the molecule is O=[N+]([O-])c1cc([N+](=O)[O-])cc([N+](=O)[O-])c1.[H-].[Na+]. The number of nitrogens with zero attached hydrogens (tertiary/aromatic N) is 3. The second kappa shape index (κ2) is 5.49. The molecule has 0 bridgehead atoms. The van der Waals surface area contributed by atoms with E-state index in [-0.39, 0.29) is 31.0 Å². The summed E-state index contributed by atoms with van der Waals surface area (Å²) in [6.45, 7) is 0. The van der Waals surface area contributed by atoms with E-state index in [9.17, 15) is 30.3 Å². The molecule has 0 aliphatic rings. The van der Waals surface area contributed by atoms with Crippen LogP contribution in [0.1, 0.15) is 1.43 Å². The van der Waals surface area contributed by atoms with Crippen LogP contribution < -0.4 is 29.6 Å². The minimum Gasteiger partial charge on any atom is -1.00 e. The Kier molecular flexibility index (Phi) is 4.95. The van der Waals surface area contributed by atoms with E-state index in [1.165, 1.54) is 0 Å². The minimum absolute atomic E-state index is 0. The Labute approximate surface area is 111 Å². The van der Waals surface area contributed by atoms with E-state index in [0.29, 0.717) is 18.2 Å². The van der Waals surface area contributed by atoms with Crippen molar-refractivity contribution in [2.24, 2.45) is 0 Å². The average Bonchev–Trinajstić information content (AvgIpc) is 2.16. The number of nitro benzene ring substituents is 3. The van der Waals surface area contributed by atoms with Gasteiger partial charge in [-0.15, -0.1) is 0 Å². The quantitative estimate of drug-likeness (QED) is 0.358. The molecule has 1 rings (SSSR count). The molecule has 0 unspecified atom stereocenters. The molecular formula is C6H4N3NaO6. The molecule has 0 saturated carbocycles. The van der Waals surface area contributed by atoms with Crippen LogP contribution in [0, 0.1) is 30.3 Å². The Morgan fingerprint density at radius 1 is 0.750 bits per heavy atom. The van der Waals surface area contributed by atoms with Crippen LogP contribution >= 0.6 is 0 Å². The first-order chi connectivity index (χ1) is 6.91. The van der Waals surface area contributed by atoms with Gasteiger partial charge in [-0.3, -0.25) is 30.3 Å². The number of nitro groups is 3. The fourth-order valence-corrected chi connectivity index (χ4v) is 0.896. The van der Waals surface area contributed by atoms with Crippen molar-refractivity contribution >= 4 is 17.1 Å². The van der Waals surface area contributed by atoms with Crippen LogP contribution in [0.25, 0.3) is 0 Å². The largest absolute Gasteiger partial charge is 1.00 e. The molecule has 0 aromatic heterocycles. The Bertz CT molecular complexity index is 388. The van der Waals surface area contributed by atoms with Crippen LogP contribution in [-0.2, 0) is 0 Å². The first kappa shape index (κ1) is 14.4. The van der Waals surface area contributed by atoms with Gasteiger partial charge in [-0.2, -0.15) is 0 Å². The van der Waals surface area contributed by atoms with Gasteiger partial charge in [0, 0.05) is 0 Å². The summed E-state index contributed by atoms with van der Waals surface area (Å²) in [6.07, 6.45) is 0. The van der Waals surface area contributed by atoms with Gasteiger partial charge in [-0.25, -0.2) is 0 Å². The first-order valence-corrected chi connectivity index (χ1v) is 3.50. The van der Waals surface area contributed by atoms with E-state index in [2.05, 4.69) is 0 Å². The van der Waals surface area contributed by atoms with E-state index in [0.717, 1.165) is 0 Å². The molecule has 0 aliphatic carbocycles. The number of hydrogen-bond acceptors (Lipinski definition) is 6. The Balaban J connectivity index is 0. The van der Waals surface area contributed by atoms with E-state index >= 15 is 0 Å². The molecule has 10 heteroatoms. The van der Waals surface area contributed by atoms with Crippen molar-refractivity contribution in [3.63, 3.8) is 0 Å².